The number of hydrogen-bond donors (Lipinski definition) is 1. The predicted molar refractivity (Wildman–Crippen MR) is 85.3 cm³/mol. The highest BCUT2D eigenvalue weighted by molar-refractivity contribution is 7.99. The van der Waals surface area contributed by atoms with E-state index in [0.29, 0.717) is 13.0 Å². The van der Waals surface area contributed by atoms with Crippen LogP contribution < -0.4 is 5.32 Å². The molecule has 0 aliphatic rings. The molecule has 21 heavy (non-hydrogen) atoms. The Bertz CT molecular complexity index is 584. The molecule has 0 spiro atoms. The lowest BCUT2D eigenvalue weighted by Gasteiger charge is -2.04. The van der Waals surface area contributed by atoms with Gasteiger partial charge in [-0.05, 0) is 43.4 Å². The molecule has 1 amide bonds. The minimum Gasteiger partial charge on any atom is -0.356 e. The first-order valence-corrected chi connectivity index (χ1v) is 8.56. The van der Waals surface area contributed by atoms with Gasteiger partial charge in [0.2, 0.25) is 5.91 Å². The number of carbonyl (C=O) groups is 1. The molecule has 112 valence electrons. The smallest absolute Gasteiger partial charge is 0.226 e. The highest BCUT2D eigenvalue weighted by Crippen LogP contribution is 2.18. The summed E-state index contributed by atoms with van der Waals surface area (Å²) in [6.07, 6.45) is 1.22. The molecule has 0 aliphatic heterocycles. The van der Waals surface area contributed by atoms with E-state index in [0.717, 1.165) is 27.8 Å². The number of thiazole rings is 1. The Morgan fingerprint density at radius 2 is 2.14 bits per heavy atom. The fourth-order valence-corrected chi connectivity index (χ4v) is 3.20. The highest BCUT2D eigenvalue weighted by Gasteiger charge is 2.05. The van der Waals surface area contributed by atoms with Gasteiger partial charge in [-0.1, -0.05) is 0 Å². The van der Waals surface area contributed by atoms with E-state index < -0.39 is 0 Å². The molecule has 6 heteroatoms. The van der Waals surface area contributed by atoms with Crippen molar-refractivity contribution in [3.63, 3.8) is 0 Å². The number of nitrogens with one attached hydrogen (secondary N) is 1. The molecule has 1 aromatic heterocycles. The zero-order valence-electron chi connectivity index (χ0n) is 11.8. The molecular weight excluding hydrogens is 307 g/mol. The molecule has 2 aromatic rings. The Morgan fingerprint density at radius 3 is 2.81 bits per heavy atom. The van der Waals surface area contributed by atoms with Crippen LogP contribution in [0.2, 0.25) is 0 Å². The van der Waals surface area contributed by atoms with Gasteiger partial charge < -0.3 is 5.32 Å². The van der Waals surface area contributed by atoms with E-state index in [-0.39, 0.29) is 11.7 Å². The Hall–Kier alpha value is -1.40. The lowest BCUT2D eigenvalue weighted by molar-refractivity contribution is -0.120. The number of amides is 1. The summed E-state index contributed by atoms with van der Waals surface area (Å²) in [5.41, 5.74) is 0.829. The zero-order chi connectivity index (χ0) is 15.1. The van der Waals surface area contributed by atoms with Gasteiger partial charge in [0.25, 0.3) is 0 Å². The summed E-state index contributed by atoms with van der Waals surface area (Å²) in [6, 6.07) is 6.45. The van der Waals surface area contributed by atoms with Crippen molar-refractivity contribution < 1.29 is 9.18 Å². The largest absolute Gasteiger partial charge is 0.356 e. The van der Waals surface area contributed by atoms with Crippen molar-refractivity contribution in [3.8, 4) is 0 Å². The van der Waals surface area contributed by atoms with Crippen molar-refractivity contribution in [2.45, 2.75) is 24.7 Å². The summed E-state index contributed by atoms with van der Waals surface area (Å²) in [6.45, 7) is 2.58. The molecule has 0 unspecified atom stereocenters. The monoisotopic (exact) mass is 324 g/mol. The van der Waals surface area contributed by atoms with Crippen LogP contribution in [0.4, 0.5) is 4.39 Å². The number of nitrogens with zero attached hydrogens (tertiary/aromatic N) is 1. The minimum atomic E-state index is -0.219. The van der Waals surface area contributed by atoms with E-state index >= 15 is 0 Å². The van der Waals surface area contributed by atoms with Gasteiger partial charge in [-0.15, -0.1) is 23.1 Å². The number of benzene rings is 1. The van der Waals surface area contributed by atoms with Crippen LogP contribution in [0.3, 0.4) is 0 Å². The van der Waals surface area contributed by atoms with E-state index in [9.17, 15) is 9.18 Å². The van der Waals surface area contributed by atoms with Crippen LogP contribution in [0, 0.1) is 12.7 Å². The van der Waals surface area contributed by atoms with Crippen molar-refractivity contribution in [2.24, 2.45) is 0 Å². The van der Waals surface area contributed by atoms with Crippen LogP contribution in [0.25, 0.3) is 0 Å². The number of carbonyl (C=O) groups excluding carboxylic acids is 1. The van der Waals surface area contributed by atoms with Gasteiger partial charge in [-0.3, -0.25) is 4.79 Å². The molecule has 1 aromatic carbocycles. The summed E-state index contributed by atoms with van der Waals surface area (Å²) < 4.78 is 12.7. The van der Waals surface area contributed by atoms with Gasteiger partial charge in [0.1, 0.15) is 5.82 Å². The minimum absolute atomic E-state index is 0.00656. The van der Waals surface area contributed by atoms with Gasteiger partial charge in [-0.25, -0.2) is 9.37 Å². The third-order valence-corrected chi connectivity index (χ3v) is 4.65. The molecule has 0 atom stereocenters. The normalized spacial score (nSPS) is 10.6. The van der Waals surface area contributed by atoms with Crippen molar-refractivity contribution >= 4 is 29.0 Å². The van der Waals surface area contributed by atoms with Gasteiger partial charge in [-0.2, -0.15) is 0 Å². The van der Waals surface area contributed by atoms with E-state index in [4.69, 9.17) is 0 Å². The molecule has 0 fully saturated rings. The maximum Gasteiger partial charge on any atom is 0.226 e. The first kappa shape index (κ1) is 16.0. The quantitative estimate of drug-likeness (QED) is 0.627. The Labute approximate surface area is 132 Å². The third-order valence-electron chi connectivity index (χ3n) is 2.73. The van der Waals surface area contributed by atoms with Crippen LogP contribution in [-0.4, -0.2) is 23.2 Å². The summed E-state index contributed by atoms with van der Waals surface area (Å²) >= 11 is 3.22. The van der Waals surface area contributed by atoms with Crippen molar-refractivity contribution in [1.82, 2.24) is 10.3 Å². The second-order valence-electron chi connectivity index (χ2n) is 4.54. The van der Waals surface area contributed by atoms with Crippen LogP contribution in [-0.2, 0) is 11.2 Å². The first-order chi connectivity index (χ1) is 10.1. The number of thioether (sulfide) groups is 1. The molecule has 0 saturated heterocycles. The first-order valence-electron chi connectivity index (χ1n) is 6.69. The topological polar surface area (TPSA) is 42.0 Å². The number of rotatable bonds is 7. The number of halogens is 1. The van der Waals surface area contributed by atoms with Crippen LogP contribution >= 0.6 is 23.1 Å². The second-order valence-corrected chi connectivity index (χ2v) is 6.77. The number of aryl methyl sites for hydroxylation is 1. The van der Waals surface area contributed by atoms with E-state index in [2.05, 4.69) is 10.3 Å². The van der Waals surface area contributed by atoms with Gasteiger partial charge in [0, 0.05) is 16.8 Å². The molecular formula is C15H17FN2OS2. The van der Waals surface area contributed by atoms with Gasteiger partial charge in [0.05, 0.1) is 17.1 Å². The molecule has 2 rings (SSSR count). The van der Waals surface area contributed by atoms with Crippen molar-refractivity contribution in [2.75, 3.05) is 12.3 Å². The van der Waals surface area contributed by atoms with Crippen LogP contribution in [0.5, 0.6) is 0 Å². The molecule has 0 radical (unpaired) electrons. The van der Waals surface area contributed by atoms with Crippen molar-refractivity contribution in [1.29, 1.82) is 0 Å². The maximum atomic E-state index is 12.7. The van der Waals surface area contributed by atoms with Gasteiger partial charge in [0.15, 0.2) is 0 Å². The summed E-state index contributed by atoms with van der Waals surface area (Å²) in [7, 11) is 0. The molecule has 0 aliphatic carbocycles. The Kier molecular flexibility index (Phi) is 6.20. The predicted octanol–water partition coefficient (Wildman–Crippen LogP) is 3.43. The van der Waals surface area contributed by atoms with Crippen LogP contribution in [0.15, 0.2) is 34.5 Å². The average Bonchev–Trinajstić information content (AvgIpc) is 2.86. The van der Waals surface area contributed by atoms with Gasteiger partial charge >= 0.3 is 0 Å². The SMILES string of the molecule is Cc1nc(CC(=O)NCCCSc2ccc(F)cc2)cs1. The second kappa shape index (κ2) is 8.14. The molecule has 1 N–H and O–H groups in total. The molecule has 0 saturated carbocycles. The molecule has 1 heterocycles. The lowest BCUT2D eigenvalue weighted by atomic mass is 10.3. The number of aromatic nitrogens is 1. The van der Waals surface area contributed by atoms with Crippen molar-refractivity contribution in [3.05, 3.63) is 46.2 Å². The maximum absolute atomic E-state index is 12.7. The Morgan fingerprint density at radius 1 is 1.38 bits per heavy atom. The zero-order valence-corrected chi connectivity index (χ0v) is 13.4. The standard InChI is InChI=1S/C15H17FN2OS2/c1-11-18-13(10-21-11)9-15(19)17-7-2-8-20-14-5-3-12(16)4-6-14/h3-6,10H,2,7-9H2,1H3,(H,17,19). The lowest BCUT2D eigenvalue weighted by Crippen LogP contribution is -2.26. The van der Waals surface area contributed by atoms with E-state index in [1.807, 2.05) is 12.3 Å². The Balaban J connectivity index is 1.59. The fourth-order valence-electron chi connectivity index (χ4n) is 1.74. The highest BCUT2D eigenvalue weighted by atomic mass is 32.2. The summed E-state index contributed by atoms with van der Waals surface area (Å²) in [4.78, 5) is 17.0. The molecule has 3 nitrogen and oxygen atoms in total. The van der Waals surface area contributed by atoms with E-state index in [1.165, 1.54) is 12.1 Å². The van der Waals surface area contributed by atoms with Crippen LogP contribution in [0.1, 0.15) is 17.1 Å². The fraction of sp³-hybridized carbons (Fsp3) is 0.333. The van der Waals surface area contributed by atoms with E-state index in [1.54, 1.807) is 35.2 Å². The summed E-state index contributed by atoms with van der Waals surface area (Å²) in [5, 5.41) is 5.78. The molecule has 0 bridgehead atoms. The average molecular weight is 324 g/mol. The third kappa shape index (κ3) is 5.85. The summed E-state index contributed by atoms with van der Waals surface area (Å²) in [5.74, 6) is 0.679. The number of hydrogen-bond acceptors (Lipinski definition) is 4.